The number of aliphatic hydroxyl groups is 1. The number of rotatable bonds is 3. The average molecular weight is 269 g/mol. The average Bonchev–Trinajstić information content (AvgIpc) is 3.20. The lowest BCUT2D eigenvalue weighted by Gasteiger charge is -2.16. The molecule has 2 atom stereocenters. The summed E-state index contributed by atoms with van der Waals surface area (Å²) in [5.74, 6) is 5.65. The Morgan fingerprint density at radius 1 is 1.25 bits per heavy atom. The molecule has 1 N–H and O–H groups in total. The van der Waals surface area contributed by atoms with Crippen LogP contribution in [-0.2, 0) is 16.1 Å². The lowest BCUT2D eigenvalue weighted by molar-refractivity contribution is -0.142. The molecule has 0 bridgehead atoms. The number of aliphatic hydroxyl groups excluding tert-OH is 1. The predicted molar refractivity (Wildman–Crippen MR) is 72.2 cm³/mol. The van der Waals surface area contributed by atoms with Crippen LogP contribution in [0.2, 0.25) is 0 Å². The maximum atomic E-state index is 11.9. The summed E-state index contributed by atoms with van der Waals surface area (Å²) in [6.07, 6.45) is 1.18. The van der Waals surface area contributed by atoms with Crippen molar-refractivity contribution >= 4 is 11.8 Å². The molecule has 3 rings (SSSR count). The maximum absolute atomic E-state index is 11.9. The molecule has 1 aromatic carbocycles. The van der Waals surface area contributed by atoms with E-state index in [2.05, 4.69) is 11.8 Å². The molecule has 102 valence electrons. The molecule has 1 aliphatic carbocycles. The summed E-state index contributed by atoms with van der Waals surface area (Å²) in [5, 5.41) is 8.69. The lowest BCUT2D eigenvalue weighted by Crippen LogP contribution is -2.32. The smallest absolute Gasteiger partial charge is 0.233 e. The SMILES string of the molecule is O=C1C2CC2C(=O)N1Cc1cccc(C#CCCO)c1. The highest BCUT2D eigenvalue weighted by atomic mass is 16.2. The van der Waals surface area contributed by atoms with Gasteiger partial charge in [0.2, 0.25) is 11.8 Å². The Labute approximate surface area is 117 Å². The van der Waals surface area contributed by atoms with E-state index < -0.39 is 0 Å². The van der Waals surface area contributed by atoms with Gasteiger partial charge in [-0.15, -0.1) is 0 Å². The van der Waals surface area contributed by atoms with Gasteiger partial charge in [0.15, 0.2) is 0 Å². The molecule has 0 aromatic heterocycles. The standard InChI is InChI=1S/C16H15NO3/c18-7-2-1-4-11-5-3-6-12(8-11)10-17-15(19)13-9-14(13)16(17)20/h3,5-6,8,13-14,18H,2,7,9-10H2. The number of amides is 2. The van der Waals surface area contributed by atoms with Crippen LogP contribution in [0.1, 0.15) is 24.0 Å². The van der Waals surface area contributed by atoms with Gasteiger partial charge in [0.25, 0.3) is 0 Å². The summed E-state index contributed by atoms with van der Waals surface area (Å²) in [4.78, 5) is 25.2. The number of fused-ring (bicyclic) bond motifs is 1. The van der Waals surface area contributed by atoms with Gasteiger partial charge in [0, 0.05) is 12.0 Å². The second-order valence-electron chi connectivity index (χ2n) is 5.19. The van der Waals surface area contributed by atoms with E-state index in [0.717, 1.165) is 17.5 Å². The van der Waals surface area contributed by atoms with E-state index >= 15 is 0 Å². The van der Waals surface area contributed by atoms with E-state index in [9.17, 15) is 9.59 Å². The van der Waals surface area contributed by atoms with Gasteiger partial charge in [0.05, 0.1) is 25.0 Å². The molecule has 20 heavy (non-hydrogen) atoms. The molecule has 1 saturated heterocycles. The van der Waals surface area contributed by atoms with Crippen molar-refractivity contribution in [1.29, 1.82) is 0 Å². The molecule has 0 radical (unpaired) electrons. The predicted octanol–water partition coefficient (Wildman–Crippen LogP) is 0.925. The first-order valence-electron chi connectivity index (χ1n) is 6.74. The van der Waals surface area contributed by atoms with Crippen molar-refractivity contribution in [2.45, 2.75) is 19.4 Å². The number of hydrogen-bond acceptors (Lipinski definition) is 3. The Morgan fingerprint density at radius 3 is 2.70 bits per heavy atom. The minimum Gasteiger partial charge on any atom is -0.395 e. The summed E-state index contributed by atoms with van der Waals surface area (Å²) in [6.45, 7) is 0.381. The van der Waals surface area contributed by atoms with Crippen LogP contribution >= 0.6 is 0 Å². The number of benzene rings is 1. The van der Waals surface area contributed by atoms with Crippen LogP contribution in [0.15, 0.2) is 24.3 Å². The molecule has 0 spiro atoms. The summed E-state index contributed by atoms with van der Waals surface area (Å²) in [6, 6.07) is 7.51. The minimum atomic E-state index is -0.0463. The molecule has 2 unspecified atom stereocenters. The number of nitrogens with zero attached hydrogens (tertiary/aromatic N) is 1. The Bertz CT molecular complexity index is 606. The van der Waals surface area contributed by atoms with Crippen LogP contribution in [0.25, 0.3) is 0 Å². The normalized spacial score (nSPS) is 23.4. The number of imide groups is 1. The summed E-state index contributed by atoms with van der Waals surface area (Å²) >= 11 is 0. The van der Waals surface area contributed by atoms with E-state index in [-0.39, 0.29) is 30.3 Å². The van der Waals surface area contributed by atoms with Crippen molar-refractivity contribution in [3.63, 3.8) is 0 Å². The third kappa shape index (κ3) is 2.33. The van der Waals surface area contributed by atoms with Gasteiger partial charge < -0.3 is 5.11 Å². The number of likely N-dealkylation sites (tertiary alicyclic amines) is 1. The van der Waals surface area contributed by atoms with Crippen molar-refractivity contribution in [3.8, 4) is 11.8 Å². The first-order valence-corrected chi connectivity index (χ1v) is 6.74. The molecule has 4 nitrogen and oxygen atoms in total. The van der Waals surface area contributed by atoms with Crippen molar-refractivity contribution in [2.24, 2.45) is 11.8 Å². The third-order valence-corrected chi connectivity index (χ3v) is 3.69. The number of piperidine rings is 1. The zero-order chi connectivity index (χ0) is 14.1. The fourth-order valence-corrected chi connectivity index (χ4v) is 2.56. The lowest BCUT2D eigenvalue weighted by atomic mass is 10.1. The molecule has 1 saturated carbocycles. The topological polar surface area (TPSA) is 57.6 Å². The molecule has 2 aliphatic rings. The Balaban J connectivity index is 1.72. The molecule has 1 aliphatic heterocycles. The number of hydrogen-bond donors (Lipinski definition) is 1. The van der Waals surface area contributed by atoms with E-state index in [4.69, 9.17) is 5.11 Å². The minimum absolute atomic E-state index is 0.0308. The second kappa shape index (κ2) is 5.10. The number of carbonyl (C=O) groups is 2. The van der Waals surface area contributed by atoms with Gasteiger partial charge in [-0.3, -0.25) is 14.5 Å². The van der Waals surface area contributed by atoms with Crippen molar-refractivity contribution in [2.75, 3.05) is 6.61 Å². The summed E-state index contributed by atoms with van der Waals surface area (Å²) < 4.78 is 0. The quantitative estimate of drug-likeness (QED) is 0.656. The van der Waals surface area contributed by atoms with Crippen molar-refractivity contribution < 1.29 is 14.7 Å². The highest BCUT2D eigenvalue weighted by Gasteiger charge is 2.58. The highest BCUT2D eigenvalue weighted by molar-refractivity contribution is 6.08. The fourth-order valence-electron chi connectivity index (χ4n) is 2.56. The van der Waals surface area contributed by atoms with E-state index in [1.807, 2.05) is 24.3 Å². The maximum Gasteiger partial charge on any atom is 0.233 e. The molecule has 2 fully saturated rings. The fraction of sp³-hybridized carbons (Fsp3) is 0.375. The van der Waals surface area contributed by atoms with Crippen LogP contribution in [0.4, 0.5) is 0 Å². The largest absolute Gasteiger partial charge is 0.395 e. The summed E-state index contributed by atoms with van der Waals surface area (Å²) in [7, 11) is 0. The van der Waals surface area contributed by atoms with E-state index in [1.165, 1.54) is 4.90 Å². The highest BCUT2D eigenvalue weighted by Crippen LogP contribution is 2.47. The van der Waals surface area contributed by atoms with Gasteiger partial charge in [0.1, 0.15) is 0 Å². The van der Waals surface area contributed by atoms with Crippen molar-refractivity contribution in [3.05, 3.63) is 35.4 Å². The van der Waals surface area contributed by atoms with Gasteiger partial charge in [-0.05, 0) is 24.1 Å². The van der Waals surface area contributed by atoms with Crippen LogP contribution in [0, 0.1) is 23.7 Å². The van der Waals surface area contributed by atoms with Crippen molar-refractivity contribution in [1.82, 2.24) is 4.90 Å². The second-order valence-corrected chi connectivity index (χ2v) is 5.19. The Morgan fingerprint density at radius 2 is 2.00 bits per heavy atom. The van der Waals surface area contributed by atoms with E-state index in [1.54, 1.807) is 0 Å². The molecular formula is C16H15NO3. The first-order chi connectivity index (χ1) is 9.70. The third-order valence-electron chi connectivity index (χ3n) is 3.69. The Hall–Kier alpha value is -2.12. The van der Waals surface area contributed by atoms with Crippen LogP contribution in [-0.4, -0.2) is 28.4 Å². The molecule has 4 heteroatoms. The van der Waals surface area contributed by atoms with E-state index in [0.29, 0.717) is 13.0 Å². The molecular weight excluding hydrogens is 254 g/mol. The van der Waals surface area contributed by atoms with Gasteiger partial charge in [-0.25, -0.2) is 0 Å². The number of carbonyl (C=O) groups excluding carboxylic acids is 2. The zero-order valence-electron chi connectivity index (χ0n) is 11.0. The van der Waals surface area contributed by atoms with Gasteiger partial charge in [-0.1, -0.05) is 24.0 Å². The monoisotopic (exact) mass is 269 g/mol. The van der Waals surface area contributed by atoms with Crippen LogP contribution in [0.3, 0.4) is 0 Å². The molecule has 1 heterocycles. The Kier molecular flexibility index (Phi) is 3.29. The first kappa shape index (κ1) is 12.9. The molecule has 2 amide bonds. The van der Waals surface area contributed by atoms with Crippen LogP contribution in [0.5, 0.6) is 0 Å². The van der Waals surface area contributed by atoms with Crippen LogP contribution < -0.4 is 0 Å². The zero-order valence-corrected chi connectivity index (χ0v) is 11.0. The molecule has 1 aromatic rings. The summed E-state index contributed by atoms with van der Waals surface area (Å²) in [5.41, 5.74) is 1.74. The van der Waals surface area contributed by atoms with Gasteiger partial charge in [-0.2, -0.15) is 0 Å². The van der Waals surface area contributed by atoms with Gasteiger partial charge >= 0.3 is 0 Å².